The molecule has 0 aliphatic heterocycles. The largest absolute Gasteiger partial charge is 0.462 e. The quantitative estimate of drug-likeness (QED) is 0.548. The van der Waals surface area contributed by atoms with Gasteiger partial charge in [-0.2, -0.15) is 4.98 Å². The zero-order valence-corrected chi connectivity index (χ0v) is 16.3. The highest BCUT2D eigenvalue weighted by atomic mass is 16.5. The molecule has 0 unspecified atom stereocenters. The average molecular weight is 376 g/mol. The van der Waals surface area contributed by atoms with Crippen molar-refractivity contribution in [3.8, 4) is 0 Å². The van der Waals surface area contributed by atoms with Crippen LogP contribution in [-0.2, 0) is 4.74 Å². The number of aromatic nitrogens is 2. The molecule has 0 bridgehead atoms. The van der Waals surface area contributed by atoms with Crippen molar-refractivity contribution in [1.82, 2.24) is 9.97 Å². The summed E-state index contributed by atoms with van der Waals surface area (Å²) in [7, 11) is 0. The first-order valence-corrected chi connectivity index (χ1v) is 9.30. The third-order valence-corrected chi connectivity index (χ3v) is 4.15. The summed E-state index contributed by atoms with van der Waals surface area (Å²) in [6, 6.07) is 17.0. The fourth-order valence-electron chi connectivity index (χ4n) is 2.78. The van der Waals surface area contributed by atoms with Crippen molar-refractivity contribution in [2.45, 2.75) is 26.7 Å². The molecular formula is C22H24N4O2. The second-order valence-corrected chi connectivity index (χ2v) is 6.56. The van der Waals surface area contributed by atoms with Crippen LogP contribution in [-0.4, -0.2) is 22.5 Å². The van der Waals surface area contributed by atoms with Gasteiger partial charge in [-0.15, -0.1) is 0 Å². The van der Waals surface area contributed by atoms with Crippen molar-refractivity contribution in [3.63, 3.8) is 0 Å². The first kappa shape index (κ1) is 19.4. The number of hydrogen-bond acceptors (Lipinski definition) is 6. The maximum Gasteiger partial charge on any atom is 0.338 e. The minimum Gasteiger partial charge on any atom is -0.462 e. The van der Waals surface area contributed by atoms with Crippen LogP contribution in [0.25, 0.3) is 0 Å². The van der Waals surface area contributed by atoms with E-state index in [4.69, 9.17) is 4.74 Å². The van der Waals surface area contributed by atoms with Crippen LogP contribution in [0.4, 0.5) is 23.1 Å². The van der Waals surface area contributed by atoms with Gasteiger partial charge in [0, 0.05) is 17.6 Å². The van der Waals surface area contributed by atoms with E-state index in [2.05, 4.69) is 40.5 Å². The van der Waals surface area contributed by atoms with Crippen molar-refractivity contribution in [3.05, 3.63) is 71.9 Å². The second kappa shape index (κ2) is 8.99. The van der Waals surface area contributed by atoms with Crippen LogP contribution >= 0.6 is 0 Å². The summed E-state index contributed by atoms with van der Waals surface area (Å²) in [5, 5.41) is 6.52. The zero-order valence-electron chi connectivity index (χ0n) is 16.3. The number of nitrogens with zero attached hydrogens (tertiary/aromatic N) is 2. The number of ether oxygens (including phenoxy) is 1. The maximum atomic E-state index is 11.7. The molecule has 1 heterocycles. The van der Waals surface area contributed by atoms with Crippen molar-refractivity contribution in [2.75, 3.05) is 17.2 Å². The third kappa shape index (κ3) is 4.85. The minimum atomic E-state index is -0.327. The number of anilines is 4. The van der Waals surface area contributed by atoms with Crippen LogP contribution in [0.2, 0.25) is 0 Å². The highest BCUT2D eigenvalue weighted by Crippen LogP contribution is 2.26. The molecule has 0 amide bonds. The molecule has 1 aromatic heterocycles. The molecule has 3 rings (SSSR count). The number of benzene rings is 2. The van der Waals surface area contributed by atoms with Crippen LogP contribution in [0.1, 0.15) is 42.6 Å². The lowest BCUT2D eigenvalue weighted by molar-refractivity contribution is 0.0526. The standard InChI is InChI=1S/C22H24N4O2/c1-4-28-21(27)16-9-11-17(12-10-16)24-20-13-14-23-22(26-20)25-19-8-6-5-7-18(19)15(2)3/h5-15H,4H2,1-3H3,(H2,23,24,25,26). The van der Waals surface area contributed by atoms with E-state index < -0.39 is 0 Å². The van der Waals surface area contributed by atoms with Gasteiger partial charge in [0.25, 0.3) is 0 Å². The van der Waals surface area contributed by atoms with E-state index in [9.17, 15) is 4.79 Å². The van der Waals surface area contributed by atoms with Crippen molar-refractivity contribution >= 4 is 29.1 Å². The van der Waals surface area contributed by atoms with E-state index >= 15 is 0 Å². The Kier molecular flexibility index (Phi) is 6.22. The van der Waals surface area contributed by atoms with Crippen LogP contribution < -0.4 is 10.6 Å². The van der Waals surface area contributed by atoms with E-state index in [1.54, 1.807) is 31.3 Å². The second-order valence-electron chi connectivity index (χ2n) is 6.56. The number of carbonyl (C=O) groups excluding carboxylic acids is 1. The molecule has 2 aromatic carbocycles. The summed E-state index contributed by atoms with van der Waals surface area (Å²) >= 11 is 0. The van der Waals surface area contributed by atoms with Gasteiger partial charge >= 0.3 is 5.97 Å². The predicted molar refractivity (Wildman–Crippen MR) is 112 cm³/mol. The number of carbonyl (C=O) groups is 1. The molecule has 6 nitrogen and oxygen atoms in total. The molecule has 28 heavy (non-hydrogen) atoms. The van der Waals surface area contributed by atoms with Gasteiger partial charge in [-0.25, -0.2) is 9.78 Å². The summed E-state index contributed by atoms with van der Waals surface area (Å²) in [6.45, 7) is 6.45. The Bertz CT molecular complexity index is 939. The smallest absolute Gasteiger partial charge is 0.338 e. The molecule has 0 aliphatic carbocycles. The molecule has 144 valence electrons. The highest BCUT2D eigenvalue weighted by molar-refractivity contribution is 5.89. The van der Waals surface area contributed by atoms with E-state index in [0.29, 0.717) is 29.9 Å². The maximum absolute atomic E-state index is 11.7. The van der Waals surface area contributed by atoms with Crippen LogP contribution in [0.3, 0.4) is 0 Å². The Labute approximate surface area is 165 Å². The van der Waals surface area contributed by atoms with Crippen molar-refractivity contribution in [2.24, 2.45) is 0 Å². The summed E-state index contributed by atoms with van der Waals surface area (Å²) in [5.41, 5.74) is 3.54. The summed E-state index contributed by atoms with van der Waals surface area (Å²) in [4.78, 5) is 20.6. The molecule has 3 aromatic rings. The highest BCUT2D eigenvalue weighted by Gasteiger charge is 2.09. The number of para-hydroxylation sites is 1. The lowest BCUT2D eigenvalue weighted by Crippen LogP contribution is -2.05. The molecule has 0 aliphatic rings. The lowest BCUT2D eigenvalue weighted by Gasteiger charge is -2.14. The van der Waals surface area contributed by atoms with Crippen LogP contribution in [0.15, 0.2) is 60.8 Å². The van der Waals surface area contributed by atoms with Crippen LogP contribution in [0.5, 0.6) is 0 Å². The average Bonchev–Trinajstić information content (AvgIpc) is 2.69. The molecule has 2 N–H and O–H groups in total. The van der Waals surface area contributed by atoms with E-state index in [0.717, 1.165) is 11.4 Å². The normalized spacial score (nSPS) is 10.6. The minimum absolute atomic E-state index is 0.327. The number of rotatable bonds is 7. The van der Waals surface area contributed by atoms with Gasteiger partial charge in [0.1, 0.15) is 5.82 Å². The first-order chi connectivity index (χ1) is 13.6. The van der Waals surface area contributed by atoms with Crippen LogP contribution in [0, 0.1) is 0 Å². The Morgan fingerprint density at radius 3 is 2.50 bits per heavy atom. The third-order valence-electron chi connectivity index (χ3n) is 4.15. The SMILES string of the molecule is CCOC(=O)c1ccc(Nc2ccnc(Nc3ccccc3C(C)C)n2)cc1. The number of nitrogens with one attached hydrogen (secondary N) is 2. The number of hydrogen-bond donors (Lipinski definition) is 2. The van der Waals surface area contributed by atoms with Gasteiger partial charge in [0.15, 0.2) is 0 Å². The summed E-state index contributed by atoms with van der Waals surface area (Å²) in [5.74, 6) is 1.24. The molecule has 0 saturated carbocycles. The lowest BCUT2D eigenvalue weighted by atomic mass is 10.0. The first-order valence-electron chi connectivity index (χ1n) is 9.30. The van der Waals surface area contributed by atoms with Gasteiger partial charge < -0.3 is 15.4 Å². The molecule has 0 spiro atoms. The Balaban J connectivity index is 1.73. The van der Waals surface area contributed by atoms with E-state index in [-0.39, 0.29) is 5.97 Å². The predicted octanol–water partition coefficient (Wildman–Crippen LogP) is 5.26. The van der Waals surface area contributed by atoms with Gasteiger partial charge in [0.2, 0.25) is 5.95 Å². The Morgan fingerprint density at radius 2 is 1.79 bits per heavy atom. The zero-order chi connectivity index (χ0) is 19.9. The monoisotopic (exact) mass is 376 g/mol. The number of esters is 1. The summed E-state index contributed by atoms with van der Waals surface area (Å²) < 4.78 is 5.00. The molecule has 0 atom stereocenters. The van der Waals surface area contributed by atoms with E-state index in [1.807, 2.05) is 30.3 Å². The Hall–Kier alpha value is -3.41. The Morgan fingerprint density at radius 1 is 1.04 bits per heavy atom. The fraction of sp³-hybridized carbons (Fsp3) is 0.227. The molecule has 0 radical (unpaired) electrons. The molecule has 6 heteroatoms. The van der Waals surface area contributed by atoms with Gasteiger partial charge in [-0.05, 0) is 54.8 Å². The van der Waals surface area contributed by atoms with Gasteiger partial charge in [0.05, 0.1) is 12.2 Å². The fourth-order valence-corrected chi connectivity index (χ4v) is 2.78. The van der Waals surface area contributed by atoms with Gasteiger partial charge in [-0.1, -0.05) is 32.0 Å². The molecule has 0 fully saturated rings. The topological polar surface area (TPSA) is 76.1 Å². The van der Waals surface area contributed by atoms with Crippen molar-refractivity contribution in [1.29, 1.82) is 0 Å². The van der Waals surface area contributed by atoms with Crippen molar-refractivity contribution < 1.29 is 9.53 Å². The molecular weight excluding hydrogens is 352 g/mol. The summed E-state index contributed by atoms with van der Waals surface area (Å²) in [6.07, 6.45) is 1.70. The van der Waals surface area contributed by atoms with E-state index in [1.165, 1.54) is 5.56 Å². The molecule has 0 saturated heterocycles. The van der Waals surface area contributed by atoms with Gasteiger partial charge in [-0.3, -0.25) is 0 Å².